The van der Waals surface area contributed by atoms with E-state index in [1.54, 1.807) is 13.2 Å². The average Bonchev–Trinajstić information content (AvgIpc) is 3.02. The van der Waals surface area contributed by atoms with E-state index < -0.39 is 0 Å². The second-order valence-corrected chi connectivity index (χ2v) is 6.06. The van der Waals surface area contributed by atoms with E-state index in [2.05, 4.69) is 10.1 Å². The fourth-order valence-electron chi connectivity index (χ4n) is 2.75. The zero-order valence-electron chi connectivity index (χ0n) is 14.8. The van der Waals surface area contributed by atoms with Gasteiger partial charge < -0.3 is 15.0 Å². The number of hydrogen-bond donors (Lipinski definition) is 1. The van der Waals surface area contributed by atoms with Crippen LogP contribution in [0.1, 0.15) is 28.1 Å². The summed E-state index contributed by atoms with van der Waals surface area (Å²) in [6, 6.07) is 11.9. The molecule has 0 radical (unpaired) electrons. The maximum Gasteiger partial charge on any atom is 0.253 e. The van der Waals surface area contributed by atoms with E-state index in [0.29, 0.717) is 17.4 Å². The first-order valence-electron chi connectivity index (χ1n) is 8.01. The van der Waals surface area contributed by atoms with Gasteiger partial charge in [-0.2, -0.15) is 4.98 Å². The van der Waals surface area contributed by atoms with Gasteiger partial charge in [-0.3, -0.25) is 0 Å². The summed E-state index contributed by atoms with van der Waals surface area (Å²) in [5.41, 5.74) is 11.8. The topological polar surface area (TPSA) is 74.2 Å². The molecule has 5 nitrogen and oxygen atoms in total. The molecular formula is C20H21N3O2. The van der Waals surface area contributed by atoms with Gasteiger partial charge in [-0.15, -0.1) is 0 Å². The van der Waals surface area contributed by atoms with Gasteiger partial charge in [-0.25, -0.2) is 0 Å². The second kappa shape index (κ2) is 6.81. The zero-order valence-corrected chi connectivity index (χ0v) is 14.8. The van der Waals surface area contributed by atoms with Crippen molar-refractivity contribution in [1.29, 1.82) is 0 Å². The van der Waals surface area contributed by atoms with E-state index in [9.17, 15) is 0 Å². The Balaban J connectivity index is 1.93. The molecule has 1 aromatic heterocycles. The van der Waals surface area contributed by atoms with Gasteiger partial charge in [0.15, 0.2) is 0 Å². The van der Waals surface area contributed by atoms with Crippen molar-refractivity contribution >= 4 is 11.8 Å². The molecule has 25 heavy (non-hydrogen) atoms. The molecule has 0 atom stereocenters. The minimum absolute atomic E-state index is 0.377. The quantitative estimate of drug-likeness (QED) is 0.776. The molecule has 0 saturated carbocycles. The Bertz CT molecular complexity index is 901. The summed E-state index contributed by atoms with van der Waals surface area (Å²) >= 11 is 0. The van der Waals surface area contributed by atoms with E-state index >= 15 is 0 Å². The molecule has 3 rings (SSSR count). The standard InChI is InChI=1S/C20H21N3O2/c1-12-5-7-15(8-6-12)17(21)11-18-22-20(23-25-18)19-13(2)9-16(24-4)10-14(19)3/h5-11H,21H2,1-4H3/b17-11-. The number of aryl methyl sites for hydroxylation is 3. The Kier molecular flexibility index (Phi) is 4.57. The zero-order chi connectivity index (χ0) is 18.0. The second-order valence-electron chi connectivity index (χ2n) is 6.06. The third-order valence-electron chi connectivity index (χ3n) is 4.07. The van der Waals surface area contributed by atoms with Crippen LogP contribution >= 0.6 is 0 Å². The van der Waals surface area contributed by atoms with Gasteiger partial charge in [0.25, 0.3) is 5.89 Å². The normalized spacial score (nSPS) is 11.6. The van der Waals surface area contributed by atoms with Crippen LogP contribution in [0.5, 0.6) is 5.75 Å². The summed E-state index contributed by atoms with van der Waals surface area (Å²) in [6.07, 6.45) is 1.69. The highest BCUT2D eigenvalue weighted by atomic mass is 16.5. The molecule has 2 N–H and O–H groups in total. The molecule has 2 aromatic carbocycles. The van der Waals surface area contributed by atoms with Crippen LogP contribution in [0.4, 0.5) is 0 Å². The molecule has 0 saturated heterocycles. The maximum atomic E-state index is 6.14. The first-order valence-corrected chi connectivity index (χ1v) is 8.01. The van der Waals surface area contributed by atoms with Gasteiger partial charge in [0, 0.05) is 17.3 Å². The van der Waals surface area contributed by atoms with Crippen molar-refractivity contribution in [3.05, 3.63) is 64.5 Å². The predicted octanol–water partition coefficient (Wildman–Crippen LogP) is 4.13. The monoisotopic (exact) mass is 335 g/mol. The van der Waals surface area contributed by atoms with Gasteiger partial charge in [0.1, 0.15) is 5.75 Å². The Labute approximate surface area is 147 Å². The summed E-state index contributed by atoms with van der Waals surface area (Å²) in [5, 5.41) is 4.10. The fourth-order valence-corrected chi connectivity index (χ4v) is 2.75. The number of nitrogens with zero attached hydrogens (tertiary/aromatic N) is 2. The summed E-state index contributed by atoms with van der Waals surface area (Å²) in [6.45, 7) is 6.03. The highest BCUT2D eigenvalue weighted by Gasteiger charge is 2.14. The van der Waals surface area contributed by atoms with Crippen LogP contribution in [0.15, 0.2) is 40.9 Å². The van der Waals surface area contributed by atoms with Gasteiger partial charge in [-0.05, 0) is 49.6 Å². The number of rotatable bonds is 4. The van der Waals surface area contributed by atoms with Crippen molar-refractivity contribution < 1.29 is 9.26 Å². The van der Waals surface area contributed by atoms with Crippen LogP contribution in [0, 0.1) is 20.8 Å². The molecule has 0 amide bonds. The summed E-state index contributed by atoms with van der Waals surface area (Å²) in [7, 11) is 1.65. The average molecular weight is 335 g/mol. The molecule has 0 spiro atoms. The number of aromatic nitrogens is 2. The highest BCUT2D eigenvalue weighted by Crippen LogP contribution is 2.29. The minimum Gasteiger partial charge on any atom is -0.497 e. The van der Waals surface area contributed by atoms with E-state index in [0.717, 1.165) is 28.0 Å². The molecular weight excluding hydrogens is 314 g/mol. The van der Waals surface area contributed by atoms with Crippen molar-refractivity contribution in [3.63, 3.8) is 0 Å². The van der Waals surface area contributed by atoms with Crippen molar-refractivity contribution in [2.24, 2.45) is 5.73 Å². The summed E-state index contributed by atoms with van der Waals surface area (Å²) in [4.78, 5) is 4.47. The van der Waals surface area contributed by atoms with Crippen molar-refractivity contribution in [3.8, 4) is 17.1 Å². The lowest BCUT2D eigenvalue weighted by atomic mass is 10.0. The third kappa shape index (κ3) is 3.55. The van der Waals surface area contributed by atoms with Gasteiger partial charge in [0.05, 0.1) is 7.11 Å². The molecule has 0 aliphatic heterocycles. The Hall–Kier alpha value is -3.08. The SMILES string of the molecule is COc1cc(C)c(-c2noc(/C=C(\N)c3ccc(C)cc3)n2)c(C)c1. The number of methoxy groups -OCH3 is 1. The number of hydrogen-bond acceptors (Lipinski definition) is 5. The van der Waals surface area contributed by atoms with E-state index in [-0.39, 0.29) is 0 Å². The van der Waals surface area contributed by atoms with Gasteiger partial charge >= 0.3 is 0 Å². The largest absolute Gasteiger partial charge is 0.497 e. The molecule has 0 unspecified atom stereocenters. The van der Waals surface area contributed by atoms with Crippen molar-refractivity contribution in [2.45, 2.75) is 20.8 Å². The molecule has 0 aliphatic carbocycles. The minimum atomic E-state index is 0.377. The lowest BCUT2D eigenvalue weighted by Crippen LogP contribution is -1.96. The smallest absolute Gasteiger partial charge is 0.253 e. The van der Waals surface area contributed by atoms with Gasteiger partial charge in [-0.1, -0.05) is 35.0 Å². The molecule has 0 bridgehead atoms. The number of benzene rings is 2. The van der Waals surface area contributed by atoms with Crippen LogP contribution in [0.3, 0.4) is 0 Å². The fraction of sp³-hybridized carbons (Fsp3) is 0.200. The Morgan fingerprint density at radius 1 is 1.08 bits per heavy atom. The number of nitrogens with two attached hydrogens (primary N) is 1. The molecule has 3 aromatic rings. The third-order valence-corrected chi connectivity index (χ3v) is 4.07. The van der Waals surface area contributed by atoms with Crippen LogP contribution in [-0.2, 0) is 0 Å². The van der Waals surface area contributed by atoms with E-state index in [1.165, 1.54) is 5.56 Å². The summed E-state index contributed by atoms with van der Waals surface area (Å²) in [5.74, 6) is 1.73. The maximum absolute atomic E-state index is 6.14. The van der Waals surface area contributed by atoms with Crippen molar-refractivity contribution in [1.82, 2.24) is 10.1 Å². The molecule has 5 heteroatoms. The van der Waals surface area contributed by atoms with Crippen molar-refractivity contribution in [2.75, 3.05) is 7.11 Å². The Morgan fingerprint density at radius 2 is 1.72 bits per heavy atom. The molecule has 1 heterocycles. The van der Waals surface area contributed by atoms with Crippen LogP contribution < -0.4 is 10.5 Å². The predicted molar refractivity (Wildman–Crippen MR) is 99.0 cm³/mol. The molecule has 0 fully saturated rings. The Morgan fingerprint density at radius 3 is 2.32 bits per heavy atom. The molecule has 128 valence electrons. The lowest BCUT2D eigenvalue weighted by Gasteiger charge is -2.08. The van der Waals surface area contributed by atoms with Crippen LogP contribution in [0.2, 0.25) is 0 Å². The van der Waals surface area contributed by atoms with Gasteiger partial charge in [0.2, 0.25) is 5.82 Å². The molecule has 0 aliphatic rings. The van der Waals surface area contributed by atoms with Crippen LogP contribution in [-0.4, -0.2) is 17.3 Å². The number of ether oxygens (including phenoxy) is 1. The summed E-state index contributed by atoms with van der Waals surface area (Å²) < 4.78 is 10.6. The first kappa shape index (κ1) is 16.8. The lowest BCUT2D eigenvalue weighted by molar-refractivity contribution is 0.410. The van der Waals surface area contributed by atoms with Crippen LogP contribution in [0.25, 0.3) is 23.2 Å². The highest BCUT2D eigenvalue weighted by molar-refractivity contribution is 5.77. The van der Waals surface area contributed by atoms with E-state index in [4.69, 9.17) is 15.0 Å². The first-order chi connectivity index (χ1) is 12.0. The van der Waals surface area contributed by atoms with E-state index in [1.807, 2.05) is 57.2 Å².